The Morgan fingerprint density at radius 2 is 1.63 bits per heavy atom. The highest BCUT2D eigenvalue weighted by Crippen LogP contribution is 2.29. The van der Waals surface area contributed by atoms with Gasteiger partial charge in [0.2, 0.25) is 11.8 Å². The number of hydrogen-bond donors (Lipinski definition) is 0. The van der Waals surface area contributed by atoms with Gasteiger partial charge in [0.15, 0.2) is 11.5 Å². The minimum Gasteiger partial charge on any atom is -0.493 e. The zero-order valence-electron chi connectivity index (χ0n) is 21.3. The summed E-state index contributed by atoms with van der Waals surface area (Å²) in [6.45, 7) is 8.31. The van der Waals surface area contributed by atoms with E-state index in [1.54, 1.807) is 14.2 Å². The lowest BCUT2D eigenvalue weighted by atomic mass is 9.92. The molecule has 0 bridgehead atoms. The summed E-state index contributed by atoms with van der Waals surface area (Å²) in [7, 11) is 3.28. The molecule has 0 radical (unpaired) electrons. The van der Waals surface area contributed by atoms with E-state index >= 15 is 0 Å². The molecule has 1 fully saturated rings. The maximum Gasteiger partial charge on any atom is 0.245 e. The van der Waals surface area contributed by atoms with Crippen molar-refractivity contribution in [3.8, 4) is 11.5 Å². The summed E-state index contributed by atoms with van der Waals surface area (Å²) in [6.07, 6.45) is 1.05. The Labute approximate surface area is 208 Å². The molecule has 1 unspecified atom stereocenters. The highest BCUT2D eigenvalue weighted by Gasteiger charge is 2.37. The fraction of sp³-hybridized carbons (Fsp3) is 0.500. The molecule has 4 rings (SSSR count). The smallest absolute Gasteiger partial charge is 0.245 e. The molecule has 2 aromatic carbocycles. The van der Waals surface area contributed by atoms with E-state index in [1.165, 1.54) is 5.56 Å². The Balaban J connectivity index is 1.41. The van der Waals surface area contributed by atoms with Crippen LogP contribution in [0.3, 0.4) is 0 Å². The van der Waals surface area contributed by atoms with Gasteiger partial charge in [-0.3, -0.25) is 14.5 Å². The van der Waals surface area contributed by atoms with E-state index in [0.717, 1.165) is 42.3 Å². The lowest BCUT2D eigenvalue weighted by Gasteiger charge is -2.41. The van der Waals surface area contributed by atoms with Gasteiger partial charge in [0.05, 0.1) is 14.2 Å². The molecular weight excluding hydrogens is 442 g/mol. The lowest BCUT2D eigenvalue weighted by Crippen LogP contribution is -2.57. The predicted molar refractivity (Wildman–Crippen MR) is 135 cm³/mol. The maximum absolute atomic E-state index is 13.7. The van der Waals surface area contributed by atoms with Crippen molar-refractivity contribution in [1.82, 2.24) is 14.7 Å². The van der Waals surface area contributed by atoms with Crippen molar-refractivity contribution in [1.29, 1.82) is 0 Å². The molecule has 2 amide bonds. The monoisotopic (exact) mass is 479 g/mol. The first-order valence-corrected chi connectivity index (χ1v) is 12.5. The summed E-state index contributed by atoms with van der Waals surface area (Å²) in [5.41, 5.74) is 3.47. The molecule has 1 saturated heterocycles. The Bertz CT molecular complexity index is 1050. The predicted octanol–water partition coefficient (Wildman–Crippen LogP) is 3.35. The summed E-state index contributed by atoms with van der Waals surface area (Å²) in [4.78, 5) is 32.9. The van der Waals surface area contributed by atoms with Crippen molar-refractivity contribution in [3.63, 3.8) is 0 Å². The number of benzene rings is 2. The zero-order chi connectivity index (χ0) is 24.9. The number of carbonyl (C=O) groups excluding carboxylic acids is 2. The number of carbonyl (C=O) groups is 2. The first-order valence-electron chi connectivity index (χ1n) is 12.5. The second kappa shape index (κ2) is 11.1. The van der Waals surface area contributed by atoms with Crippen LogP contribution in [0.15, 0.2) is 42.5 Å². The number of nitrogens with zero attached hydrogens (tertiary/aromatic N) is 3. The van der Waals surface area contributed by atoms with Crippen molar-refractivity contribution in [2.45, 2.75) is 45.8 Å². The molecule has 0 saturated carbocycles. The molecule has 0 spiro atoms. The van der Waals surface area contributed by atoms with Crippen LogP contribution in [0, 0.1) is 5.92 Å². The van der Waals surface area contributed by atoms with Crippen LogP contribution in [0.4, 0.5) is 0 Å². The van der Waals surface area contributed by atoms with Crippen molar-refractivity contribution in [2.75, 3.05) is 40.4 Å². The third-order valence-electron chi connectivity index (χ3n) is 6.97. The van der Waals surface area contributed by atoms with E-state index in [-0.39, 0.29) is 17.7 Å². The molecule has 7 nitrogen and oxygen atoms in total. The lowest BCUT2D eigenvalue weighted by molar-refractivity contribution is -0.148. The second-order valence-electron chi connectivity index (χ2n) is 9.90. The topological polar surface area (TPSA) is 62.3 Å². The molecule has 7 heteroatoms. The molecule has 0 aromatic heterocycles. The van der Waals surface area contributed by atoms with Gasteiger partial charge in [0.25, 0.3) is 0 Å². The molecule has 0 N–H and O–H groups in total. The van der Waals surface area contributed by atoms with E-state index in [1.807, 2.05) is 47.9 Å². The van der Waals surface area contributed by atoms with E-state index in [2.05, 4.69) is 23.1 Å². The van der Waals surface area contributed by atoms with Crippen LogP contribution in [0.2, 0.25) is 0 Å². The summed E-state index contributed by atoms with van der Waals surface area (Å²) in [5.74, 6) is 1.85. The molecule has 35 heavy (non-hydrogen) atoms. The summed E-state index contributed by atoms with van der Waals surface area (Å²) in [5, 5.41) is 0. The average Bonchev–Trinajstić information content (AvgIpc) is 2.87. The van der Waals surface area contributed by atoms with Crippen LogP contribution >= 0.6 is 0 Å². The van der Waals surface area contributed by atoms with Crippen molar-refractivity contribution < 1.29 is 19.1 Å². The fourth-order valence-electron chi connectivity index (χ4n) is 5.05. The second-order valence-corrected chi connectivity index (χ2v) is 9.90. The first kappa shape index (κ1) is 25.0. The standard InChI is InChI=1S/C28H37N3O4/c1-20(2)15-27(32)31-19-23-8-6-5-7-22(23)17-24(31)28(33)30-13-11-29(12-14-30)18-21-9-10-25(34-3)26(16-21)35-4/h5-10,16,20,24H,11-15,17-19H2,1-4H3. The normalized spacial score (nSPS) is 18.4. The average molecular weight is 480 g/mol. The maximum atomic E-state index is 13.7. The minimum atomic E-state index is -0.423. The molecule has 2 aliphatic rings. The summed E-state index contributed by atoms with van der Waals surface area (Å²) >= 11 is 0. The molecular formula is C28H37N3O4. The molecule has 1 atom stereocenters. The first-order chi connectivity index (χ1) is 16.9. The van der Waals surface area contributed by atoms with Gasteiger partial charge in [0.1, 0.15) is 6.04 Å². The van der Waals surface area contributed by atoms with Gasteiger partial charge >= 0.3 is 0 Å². The van der Waals surface area contributed by atoms with E-state index in [4.69, 9.17) is 9.47 Å². The van der Waals surface area contributed by atoms with Crippen LogP contribution in [-0.2, 0) is 29.1 Å². The number of piperazine rings is 1. The van der Waals surface area contributed by atoms with Crippen LogP contribution in [0.5, 0.6) is 11.5 Å². The van der Waals surface area contributed by atoms with Crippen molar-refractivity contribution >= 4 is 11.8 Å². The Morgan fingerprint density at radius 3 is 2.29 bits per heavy atom. The summed E-state index contributed by atoms with van der Waals surface area (Å²) in [6, 6.07) is 13.7. The van der Waals surface area contributed by atoms with Gasteiger partial charge in [-0.05, 0) is 34.7 Å². The van der Waals surface area contributed by atoms with Gasteiger partial charge in [-0.1, -0.05) is 44.2 Å². The Kier molecular flexibility index (Phi) is 7.96. The van der Waals surface area contributed by atoms with Crippen LogP contribution in [-0.4, -0.2) is 73.0 Å². The largest absolute Gasteiger partial charge is 0.493 e. The highest BCUT2D eigenvalue weighted by atomic mass is 16.5. The van der Waals surface area contributed by atoms with E-state index in [9.17, 15) is 9.59 Å². The van der Waals surface area contributed by atoms with Crippen LogP contribution < -0.4 is 9.47 Å². The van der Waals surface area contributed by atoms with Gasteiger partial charge in [-0.2, -0.15) is 0 Å². The highest BCUT2D eigenvalue weighted by molar-refractivity contribution is 5.88. The van der Waals surface area contributed by atoms with Gasteiger partial charge in [-0.25, -0.2) is 0 Å². The number of methoxy groups -OCH3 is 2. The van der Waals surface area contributed by atoms with Crippen LogP contribution in [0.25, 0.3) is 0 Å². The van der Waals surface area contributed by atoms with Crippen molar-refractivity contribution in [2.24, 2.45) is 5.92 Å². The molecule has 2 aliphatic heterocycles. The third kappa shape index (κ3) is 5.78. The van der Waals surface area contributed by atoms with Gasteiger partial charge in [0, 0.05) is 52.1 Å². The third-order valence-corrected chi connectivity index (χ3v) is 6.97. The van der Waals surface area contributed by atoms with E-state index in [0.29, 0.717) is 32.5 Å². The Hall–Kier alpha value is -3.06. The van der Waals surface area contributed by atoms with Gasteiger partial charge < -0.3 is 19.3 Å². The molecule has 0 aliphatic carbocycles. The van der Waals surface area contributed by atoms with Gasteiger partial charge in [-0.15, -0.1) is 0 Å². The number of ether oxygens (including phenoxy) is 2. The quantitative estimate of drug-likeness (QED) is 0.610. The SMILES string of the molecule is COc1ccc(CN2CCN(C(=O)C3Cc4ccccc4CN3C(=O)CC(C)C)CC2)cc1OC. The number of hydrogen-bond acceptors (Lipinski definition) is 5. The summed E-state index contributed by atoms with van der Waals surface area (Å²) < 4.78 is 10.8. The van der Waals surface area contributed by atoms with E-state index < -0.39 is 6.04 Å². The van der Waals surface area contributed by atoms with Crippen LogP contribution in [0.1, 0.15) is 37.0 Å². The number of rotatable bonds is 7. The minimum absolute atomic E-state index is 0.0694. The molecule has 2 heterocycles. The van der Waals surface area contributed by atoms with Crippen molar-refractivity contribution in [3.05, 3.63) is 59.2 Å². The molecule has 188 valence electrons. The zero-order valence-corrected chi connectivity index (χ0v) is 21.3. The number of amides is 2. The fourth-order valence-corrected chi connectivity index (χ4v) is 5.05. The Morgan fingerprint density at radius 1 is 0.943 bits per heavy atom. The molecule has 2 aromatic rings. The number of fused-ring (bicyclic) bond motifs is 1.